The molecule has 3 heteroatoms. The van der Waals surface area contributed by atoms with Crippen molar-refractivity contribution in [1.82, 2.24) is 9.97 Å². The van der Waals surface area contributed by atoms with Gasteiger partial charge in [-0.15, -0.1) is 0 Å². The summed E-state index contributed by atoms with van der Waals surface area (Å²) in [4.78, 5) is 19.9. The SMILES string of the molecule is Cc1ccccc1-c1nc2c(c(=O)[nH]1)CCCCC2. The first-order valence-corrected chi connectivity index (χ1v) is 6.94. The van der Waals surface area contributed by atoms with Crippen molar-refractivity contribution in [3.05, 3.63) is 51.4 Å². The maximum Gasteiger partial charge on any atom is 0.254 e. The highest BCUT2D eigenvalue weighted by Crippen LogP contribution is 2.21. The summed E-state index contributed by atoms with van der Waals surface area (Å²) in [6.45, 7) is 2.04. The van der Waals surface area contributed by atoms with Gasteiger partial charge in [0.1, 0.15) is 5.82 Å². The van der Waals surface area contributed by atoms with Crippen LogP contribution in [0.1, 0.15) is 36.1 Å². The molecule has 0 saturated heterocycles. The summed E-state index contributed by atoms with van der Waals surface area (Å²) in [5.41, 5.74) is 4.10. The highest BCUT2D eigenvalue weighted by molar-refractivity contribution is 5.59. The van der Waals surface area contributed by atoms with Crippen LogP contribution in [0.25, 0.3) is 11.4 Å². The number of hydrogen-bond donors (Lipinski definition) is 1. The van der Waals surface area contributed by atoms with Gasteiger partial charge < -0.3 is 4.98 Å². The zero-order valence-corrected chi connectivity index (χ0v) is 11.2. The first kappa shape index (κ1) is 12.2. The number of benzene rings is 1. The summed E-state index contributed by atoms with van der Waals surface area (Å²) < 4.78 is 0. The van der Waals surface area contributed by atoms with Crippen LogP contribution in [-0.4, -0.2) is 9.97 Å². The van der Waals surface area contributed by atoms with Crippen LogP contribution in [0.5, 0.6) is 0 Å². The van der Waals surface area contributed by atoms with Crippen molar-refractivity contribution < 1.29 is 0 Å². The third-order valence-corrected chi connectivity index (χ3v) is 3.84. The van der Waals surface area contributed by atoms with Gasteiger partial charge in [-0.25, -0.2) is 4.98 Å². The van der Waals surface area contributed by atoms with E-state index in [0.29, 0.717) is 5.82 Å². The van der Waals surface area contributed by atoms with Gasteiger partial charge in [-0.05, 0) is 38.2 Å². The first-order chi connectivity index (χ1) is 9.25. The molecule has 0 aliphatic heterocycles. The molecule has 3 rings (SSSR count). The molecule has 0 radical (unpaired) electrons. The molecule has 1 aromatic carbocycles. The molecule has 3 nitrogen and oxygen atoms in total. The molecule has 0 saturated carbocycles. The summed E-state index contributed by atoms with van der Waals surface area (Å²) in [6, 6.07) is 8.03. The molecule has 0 unspecified atom stereocenters. The quantitative estimate of drug-likeness (QED) is 0.795. The van der Waals surface area contributed by atoms with Crippen LogP contribution in [0.2, 0.25) is 0 Å². The van der Waals surface area contributed by atoms with Crippen LogP contribution >= 0.6 is 0 Å². The van der Waals surface area contributed by atoms with E-state index in [-0.39, 0.29) is 5.56 Å². The van der Waals surface area contributed by atoms with Crippen molar-refractivity contribution in [2.75, 3.05) is 0 Å². The lowest BCUT2D eigenvalue weighted by molar-refractivity contribution is 0.708. The fourth-order valence-corrected chi connectivity index (χ4v) is 2.75. The van der Waals surface area contributed by atoms with Crippen LogP contribution in [-0.2, 0) is 12.8 Å². The Morgan fingerprint density at radius 2 is 1.89 bits per heavy atom. The first-order valence-electron chi connectivity index (χ1n) is 6.94. The van der Waals surface area contributed by atoms with E-state index < -0.39 is 0 Å². The summed E-state index contributed by atoms with van der Waals surface area (Å²) in [6.07, 6.45) is 5.22. The second-order valence-electron chi connectivity index (χ2n) is 5.22. The molecular formula is C16H18N2O. The van der Waals surface area contributed by atoms with E-state index in [0.717, 1.165) is 48.1 Å². The minimum atomic E-state index is 0.0464. The Hall–Kier alpha value is -1.90. The second kappa shape index (κ2) is 5.00. The Labute approximate surface area is 112 Å². The number of nitrogens with one attached hydrogen (secondary N) is 1. The minimum Gasteiger partial charge on any atom is -0.306 e. The fourth-order valence-electron chi connectivity index (χ4n) is 2.75. The van der Waals surface area contributed by atoms with Crippen LogP contribution in [0.3, 0.4) is 0 Å². The normalized spacial score (nSPS) is 14.8. The monoisotopic (exact) mass is 254 g/mol. The number of fused-ring (bicyclic) bond motifs is 1. The standard InChI is InChI=1S/C16H18N2O/c1-11-7-5-6-8-12(11)15-17-14-10-4-2-3-9-13(14)16(19)18-15/h5-8H,2-4,9-10H2,1H3,(H,17,18,19). The molecule has 0 spiro atoms. The van der Waals surface area contributed by atoms with E-state index in [4.69, 9.17) is 4.98 Å². The molecule has 19 heavy (non-hydrogen) atoms. The lowest BCUT2D eigenvalue weighted by Gasteiger charge is -2.09. The Kier molecular flexibility index (Phi) is 3.20. The lowest BCUT2D eigenvalue weighted by atomic mass is 10.1. The van der Waals surface area contributed by atoms with Gasteiger partial charge in [-0.3, -0.25) is 4.79 Å². The Morgan fingerprint density at radius 3 is 2.74 bits per heavy atom. The van der Waals surface area contributed by atoms with Crippen molar-refractivity contribution in [3.8, 4) is 11.4 Å². The largest absolute Gasteiger partial charge is 0.306 e. The number of aryl methyl sites for hydroxylation is 2. The number of aromatic nitrogens is 2. The summed E-state index contributed by atoms with van der Waals surface area (Å²) in [7, 11) is 0. The van der Waals surface area contributed by atoms with Gasteiger partial charge in [0.15, 0.2) is 0 Å². The lowest BCUT2D eigenvalue weighted by Crippen LogP contribution is -2.18. The molecule has 1 N–H and O–H groups in total. The molecule has 1 aromatic heterocycles. The molecule has 1 aliphatic carbocycles. The summed E-state index contributed by atoms with van der Waals surface area (Å²) in [5.74, 6) is 0.712. The van der Waals surface area contributed by atoms with E-state index in [1.165, 1.54) is 6.42 Å². The number of aromatic amines is 1. The fraction of sp³-hybridized carbons (Fsp3) is 0.375. The van der Waals surface area contributed by atoms with Crippen LogP contribution in [0.15, 0.2) is 29.1 Å². The van der Waals surface area contributed by atoms with Crippen molar-refractivity contribution in [2.45, 2.75) is 39.0 Å². The van der Waals surface area contributed by atoms with Crippen molar-refractivity contribution in [3.63, 3.8) is 0 Å². The molecule has 1 heterocycles. The van der Waals surface area contributed by atoms with Gasteiger partial charge >= 0.3 is 0 Å². The molecule has 0 atom stereocenters. The third-order valence-electron chi connectivity index (χ3n) is 3.84. The maximum atomic E-state index is 12.2. The van der Waals surface area contributed by atoms with E-state index in [9.17, 15) is 4.79 Å². The van der Waals surface area contributed by atoms with Crippen LogP contribution < -0.4 is 5.56 Å². The average Bonchev–Trinajstić information content (AvgIpc) is 2.65. The van der Waals surface area contributed by atoms with Gasteiger partial charge in [0.05, 0.1) is 5.69 Å². The smallest absolute Gasteiger partial charge is 0.254 e. The molecule has 2 aromatic rings. The third kappa shape index (κ3) is 2.33. The van der Waals surface area contributed by atoms with Gasteiger partial charge in [-0.1, -0.05) is 30.7 Å². The highest BCUT2D eigenvalue weighted by Gasteiger charge is 2.15. The number of H-pyrrole nitrogens is 1. The van der Waals surface area contributed by atoms with Crippen LogP contribution in [0.4, 0.5) is 0 Å². The maximum absolute atomic E-state index is 12.2. The van der Waals surface area contributed by atoms with Gasteiger partial charge in [0.25, 0.3) is 5.56 Å². The number of rotatable bonds is 1. The summed E-state index contributed by atoms with van der Waals surface area (Å²) >= 11 is 0. The zero-order valence-electron chi connectivity index (χ0n) is 11.2. The molecular weight excluding hydrogens is 236 g/mol. The second-order valence-corrected chi connectivity index (χ2v) is 5.22. The van der Waals surface area contributed by atoms with Gasteiger partial charge in [0, 0.05) is 11.1 Å². The van der Waals surface area contributed by atoms with Gasteiger partial charge in [-0.2, -0.15) is 0 Å². The predicted molar refractivity (Wildman–Crippen MR) is 76.3 cm³/mol. The van der Waals surface area contributed by atoms with Crippen molar-refractivity contribution >= 4 is 0 Å². The number of nitrogens with zero attached hydrogens (tertiary/aromatic N) is 1. The minimum absolute atomic E-state index is 0.0464. The molecule has 0 amide bonds. The van der Waals surface area contributed by atoms with Gasteiger partial charge in [0.2, 0.25) is 0 Å². The van der Waals surface area contributed by atoms with E-state index >= 15 is 0 Å². The number of hydrogen-bond acceptors (Lipinski definition) is 2. The molecule has 1 aliphatic rings. The van der Waals surface area contributed by atoms with E-state index in [2.05, 4.69) is 4.98 Å². The highest BCUT2D eigenvalue weighted by atomic mass is 16.1. The Morgan fingerprint density at radius 1 is 1.11 bits per heavy atom. The zero-order chi connectivity index (χ0) is 13.2. The molecule has 98 valence electrons. The predicted octanol–water partition coefficient (Wildman–Crippen LogP) is 3.01. The summed E-state index contributed by atoms with van der Waals surface area (Å²) in [5, 5.41) is 0. The van der Waals surface area contributed by atoms with E-state index in [1.54, 1.807) is 0 Å². The van der Waals surface area contributed by atoms with Crippen LogP contribution in [0, 0.1) is 6.92 Å². The Bertz CT molecular complexity index is 658. The van der Waals surface area contributed by atoms with Crippen molar-refractivity contribution in [2.24, 2.45) is 0 Å². The Balaban J connectivity index is 2.15. The topological polar surface area (TPSA) is 45.8 Å². The molecule has 0 fully saturated rings. The molecule has 0 bridgehead atoms. The van der Waals surface area contributed by atoms with E-state index in [1.807, 2.05) is 31.2 Å². The average molecular weight is 254 g/mol. The van der Waals surface area contributed by atoms with Crippen molar-refractivity contribution in [1.29, 1.82) is 0 Å².